The summed E-state index contributed by atoms with van der Waals surface area (Å²) in [6.45, 7) is 3.76. The number of ether oxygens (including phenoxy) is 1. The van der Waals surface area contributed by atoms with Crippen molar-refractivity contribution >= 4 is 11.6 Å². The maximum atomic E-state index is 11.8. The van der Waals surface area contributed by atoms with Gasteiger partial charge in [0.1, 0.15) is 6.10 Å². The van der Waals surface area contributed by atoms with Crippen molar-refractivity contribution in [2.75, 3.05) is 5.88 Å². The number of halogens is 1. The molecule has 2 N–H and O–H groups in total. The number of aromatic nitrogens is 2. The fourth-order valence-corrected chi connectivity index (χ4v) is 2.97. The Labute approximate surface area is 115 Å². The minimum absolute atomic E-state index is 0.209. The summed E-state index contributed by atoms with van der Waals surface area (Å²) >= 11 is 5.96. The predicted molar refractivity (Wildman–Crippen MR) is 70.4 cm³/mol. The lowest BCUT2D eigenvalue weighted by atomic mass is 9.86. The minimum atomic E-state index is -0.859. The molecule has 1 fully saturated rings. The number of nitrogens with one attached hydrogen (secondary N) is 1. The molecule has 1 aliphatic heterocycles. The van der Waals surface area contributed by atoms with E-state index in [1.165, 1.54) is 16.8 Å². The molecule has 0 saturated carbocycles. The van der Waals surface area contributed by atoms with Gasteiger partial charge in [0.15, 0.2) is 6.23 Å². The zero-order valence-corrected chi connectivity index (χ0v) is 11.6. The van der Waals surface area contributed by atoms with Crippen LogP contribution in [-0.4, -0.2) is 32.2 Å². The van der Waals surface area contributed by atoms with Crippen LogP contribution in [0.15, 0.2) is 21.9 Å². The largest absolute Gasteiger partial charge is 0.388 e. The third-order valence-electron chi connectivity index (χ3n) is 3.94. The highest BCUT2D eigenvalue weighted by atomic mass is 35.5. The van der Waals surface area contributed by atoms with Crippen molar-refractivity contribution in [2.45, 2.75) is 38.2 Å². The van der Waals surface area contributed by atoms with Crippen LogP contribution >= 0.6 is 11.6 Å². The molecule has 0 aliphatic carbocycles. The Balaban J connectivity index is 2.42. The zero-order valence-electron chi connectivity index (χ0n) is 10.8. The molecule has 106 valence electrons. The first kappa shape index (κ1) is 14.3. The van der Waals surface area contributed by atoms with Gasteiger partial charge in [-0.15, -0.1) is 11.6 Å². The van der Waals surface area contributed by atoms with E-state index in [0.29, 0.717) is 6.42 Å². The Hall–Kier alpha value is -1.11. The van der Waals surface area contributed by atoms with Crippen LogP contribution in [0, 0.1) is 5.92 Å². The number of nitrogens with zero attached hydrogens (tertiary/aromatic N) is 1. The molecule has 0 amide bonds. The number of H-pyrrole nitrogens is 1. The summed E-state index contributed by atoms with van der Waals surface area (Å²) in [5.41, 5.74) is -1.76. The van der Waals surface area contributed by atoms with Gasteiger partial charge in [-0.05, 0) is 6.42 Å². The Morgan fingerprint density at radius 2 is 2.26 bits per heavy atom. The second kappa shape index (κ2) is 5.11. The summed E-state index contributed by atoms with van der Waals surface area (Å²) in [4.78, 5) is 24.9. The average molecular weight is 289 g/mol. The second-order valence-electron chi connectivity index (χ2n) is 4.86. The van der Waals surface area contributed by atoms with Crippen molar-refractivity contribution in [2.24, 2.45) is 5.92 Å². The molecule has 7 heteroatoms. The number of rotatable bonds is 3. The minimum Gasteiger partial charge on any atom is -0.388 e. The van der Waals surface area contributed by atoms with Crippen molar-refractivity contribution < 1.29 is 9.84 Å². The normalized spacial score (nSPS) is 34.6. The number of aliphatic hydroxyl groups is 1. The van der Waals surface area contributed by atoms with Crippen molar-refractivity contribution in [3.05, 3.63) is 33.1 Å². The molecule has 0 aromatic carbocycles. The van der Waals surface area contributed by atoms with Gasteiger partial charge in [0.2, 0.25) is 0 Å². The van der Waals surface area contributed by atoms with Gasteiger partial charge in [-0.25, -0.2) is 4.79 Å². The lowest BCUT2D eigenvalue weighted by Gasteiger charge is -2.29. The number of alkyl halides is 1. The Morgan fingerprint density at radius 1 is 1.58 bits per heavy atom. The molecule has 2 rings (SSSR count). The van der Waals surface area contributed by atoms with E-state index in [9.17, 15) is 14.7 Å². The number of hydrogen-bond donors (Lipinski definition) is 2. The molecule has 1 saturated heterocycles. The van der Waals surface area contributed by atoms with E-state index in [1.54, 1.807) is 0 Å². The molecule has 1 aromatic heterocycles. The van der Waals surface area contributed by atoms with Crippen LogP contribution in [0.4, 0.5) is 0 Å². The highest BCUT2D eigenvalue weighted by molar-refractivity contribution is 6.18. The van der Waals surface area contributed by atoms with Crippen LogP contribution in [0.1, 0.15) is 26.5 Å². The molecule has 1 aliphatic rings. The average Bonchev–Trinajstić information content (AvgIpc) is 2.64. The van der Waals surface area contributed by atoms with Crippen LogP contribution in [-0.2, 0) is 4.74 Å². The first-order valence-electron chi connectivity index (χ1n) is 6.18. The van der Waals surface area contributed by atoms with Crippen molar-refractivity contribution in [1.29, 1.82) is 0 Å². The summed E-state index contributed by atoms with van der Waals surface area (Å²) < 4.78 is 7.02. The molecular weight excluding hydrogens is 272 g/mol. The SMILES string of the molecule is CC[C@@]1(CCl)O[C@@H](n2ccc(=O)[nH]c2=O)[C@H](O)[C@@H]1C. The lowest BCUT2D eigenvalue weighted by Crippen LogP contribution is -2.37. The third-order valence-corrected chi connectivity index (χ3v) is 4.39. The second-order valence-corrected chi connectivity index (χ2v) is 5.12. The molecule has 0 unspecified atom stereocenters. The molecule has 1 aromatic rings. The Bertz CT molecular complexity index is 563. The molecule has 0 radical (unpaired) electrons. The van der Waals surface area contributed by atoms with E-state index < -0.39 is 29.2 Å². The van der Waals surface area contributed by atoms with Gasteiger partial charge in [-0.3, -0.25) is 14.3 Å². The van der Waals surface area contributed by atoms with E-state index in [2.05, 4.69) is 4.98 Å². The third kappa shape index (κ3) is 2.24. The first-order valence-corrected chi connectivity index (χ1v) is 6.72. The van der Waals surface area contributed by atoms with Gasteiger partial charge in [-0.1, -0.05) is 13.8 Å². The van der Waals surface area contributed by atoms with Gasteiger partial charge in [0, 0.05) is 18.2 Å². The van der Waals surface area contributed by atoms with Gasteiger partial charge in [-0.2, -0.15) is 0 Å². The standard InChI is InChI=1S/C12H17ClN2O4/c1-3-12(6-13)7(2)9(17)10(19-12)15-5-4-8(16)14-11(15)18/h4-5,7,9-10,17H,3,6H2,1-2H3,(H,14,16,18)/t7-,9+,10+,12-/m0/s1. The summed E-state index contributed by atoms with van der Waals surface area (Å²) in [5.74, 6) is 0.0231. The van der Waals surface area contributed by atoms with Crippen LogP contribution < -0.4 is 11.2 Å². The van der Waals surface area contributed by atoms with E-state index in [4.69, 9.17) is 16.3 Å². The lowest BCUT2D eigenvalue weighted by molar-refractivity contribution is -0.0849. The zero-order chi connectivity index (χ0) is 14.2. The van der Waals surface area contributed by atoms with Gasteiger partial charge < -0.3 is 9.84 Å². The fraction of sp³-hybridized carbons (Fsp3) is 0.667. The fourth-order valence-electron chi connectivity index (χ4n) is 2.48. The highest BCUT2D eigenvalue weighted by Gasteiger charge is 2.51. The van der Waals surface area contributed by atoms with Crippen LogP contribution in [0.3, 0.4) is 0 Å². The number of aliphatic hydroxyl groups excluding tert-OH is 1. The molecular formula is C12H17ClN2O4. The van der Waals surface area contributed by atoms with Crippen LogP contribution in [0.5, 0.6) is 0 Å². The van der Waals surface area contributed by atoms with Crippen molar-refractivity contribution in [3.63, 3.8) is 0 Å². The van der Waals surface area contributed by atoms with Crippen molar-refractivity contribution in [3.8, 4) is 0 Å². The first-order chi connectivity index (χ1) is 8.95. The smallest absolute Gasteiger partial charge is 0.330 e. The predicted octanol–water partition coefficient (Wildman–Crippen LogP) is 0.450. The van der Waals surface area contributed by atoms with Crippen LogP contribution in [0.2, 0.25) is 0 Å². The molecule has 0 spiro atoms. The Kier molecular flexibility index (Phi) is 3.85. The summed E-state index contributed by atoms with van der Waals surface area (Å²) in [5, 5.41) is 10.3. The number of hydrogen-bond acceptors (Lipinski definition) is 4. The Morgan fingerprint density at radius 3 is 2.74 bits per heavy atom. The van der Waals surface area contributed by atoms with Crippen molar-refractivity contribution in [1.82, 2.24) is 9.55 Å². The van der Waals surface area contributed by atoms with Gasteiger partial charge >= 0.3 is 5.69 Å². The molecule has 0 bridgehead atoms. The monoisotopic (exact) mass is 288 g/mol. The summed E-state index contributed by atoms with van der Waals surface area (Å²) in [6.07, 6.45) is 0.255. The maximum absolute atomic E-state index is 11.8. The molecule has 2 heterocycles. The quantitative estimate of drug-likeness (QED) is 0.791. The van der Waals surface area contributed by atoms with Crippen LogP contribution in [0.25, 0.3) is 0 Å². The van der Waals surface area contributed by atoms with E-state index in [-0.39, 0.29) is 11.8 Å². The van der Waals surface area contributed by atoms with E-state index >= 15 is 0 Å². The van der Waals surface area contributed by atoms with E-state index in [1.807, 2.05) is 13.8 Å². The van der Waals surface area contributed by atoms with Gasteiger partial charge in [0.05, 0.1) is 11.5 Å². The maximum Gasteiger partial charge on any atom is 0.330 e. The molecule has 6 nitrogen and oxygen atoms in total. The number of aromatic amines is 1. The molecule has 4 atom stereocenters. The molecule has 19 heavy (non-hydrogen) atoms. The van der Waals surface area contributed by atoms with Gasteiger partial charge in [0.25, 0.3) is 5.56 Å². The van der Waals surface area contributed by atoms with E-state index in [0.717, 1.165) is 0 Å². The highest BCUT2D eigenvalue weighted by Crippen LogP contribution is 2.43. The topological polar surface area (TPSA) is 84.3 Å². The summed E-state index contributed by atoms with van der Waals surface area (Å²) in [7, 11) is 0. The summed E-state index contributed by atoms with van der Waals surface area (Å²) in [6, 6.07) is 1.22.